The minimum Gasteiger partial charge on any atom is -0.439 e. The highest BCUT2D eigenvalue weighted by atomic mass is 127. The highest BCUT2D eigenvalue weighted by Gasteiger charge is 2.35. The lowest BCUT2D eigenvalue weighted by atomic mass is 10.3. The van der Waals surface area contributed by atoms with Gasteiger partial charge in [-0.15, -0.1) is 0 Å². The van der Waals surface area contributed by atoms with E-state index in [2.05, 4.69) is 32.6 Å². The normalized spacial score (nSPS) is 11.4. The zero-order chi connectivity index (χ0) is 14.0. The van der Waals surface area contributed by atoms with Crippen molar-refractivity contribution in [2.45, 2.75) is 6.18 Å². The Morgan fingerprint density at radius 2 is 1.74 bits per heavy atom. The lowest BCUT2D eigenvalue weighted by Crippen LogP contribution is -2.11. The molecule has 0 amide bonds. The maximum absolute atomic E-state index is 12.5. The van der Waals surface area contributed by atoms with Crippen molar-refractivity contribution in [1.82, 2.24) is 9.97 Å². The van der Waals surface area contributed by atoms with E-state index in [4.69, 9.17) is 16.3 Å². The van der Waals surface area contributed by atoms with Crippen LogP contribution in [0.3, 0.4) is 0 Å². The third-order valence-electron chi connectivity index (χ3n) is 1.96. The third-order valence-corrected chi connectivity index (χ3v) is 2.87. The summed E-state index contributed by atoms with van der Waals surface area (Å²) in [5.41, 5.74) is 0. The molecular weight excluding hydrogens is 395 g/mol. The highest BCUT2D eigenvalue weighted by Crippen LogP contribution is 2.30. The number of alkyl halides is 3. The van der Waals surface area contributed by atoms with Crippen LogP contribution in [-0.2, 0) is 6.18 Å². The molecule has 100 valence electrons. The molecule has 3 nitrogen and oxygen atoms in total. The molecule has 8 heteroatoms. The molecule has 1 aromatic heterocycles. The molecule has 0 spiro atoms. The first-order chi connectivity index (χ1) is 8.84. The summed E-state index contributed by atoms with van der Waals surface area (Å²) >= 11 is 7.61. The van der Waals surface area contributed by atoms with Gasteiger partial charge in [-0.2, -0.15) is 18.2 Å². The van der Waals surface area contributed by atoms with Crippen LogP contribution in [0.15, 0.2) is 30.3 Å². The van der Waals surface area contributed by atoms with Crippen molar-refractivity contribution < 1.29 is 17.9 Å². The number of hydrogen-bond donors (Lipinski definition) is 0. The average Bonchev–Trinajstić information content (AvgIpc) is 2.30. The summed E-state index contributed by atoms with van der Waals surface area (Å²) in [6.45, 7) is 0. The van der Waals surface area contributed by atoms with Crippen molar-refractivity contribution in [2.24, 2.45) is 0 Å². The number of halogens is 5. The van der Waals surface area contributed by atoms with Crippen molar-refractivity contribution in [2.75, 3.05) is 0 Å². The fourth-order valence-electron chi connectivity index (χ4n) is 1.20. The Kier molecular flexibility index (Phi) is 4.14. The van der Waals surface area contributed by atoms with Crippen LogP contribution in [0.4, 0.5) is 13.2 Å². The first kappa shape index (κ1) is 14.3. The predicted octanol–water partition coefficient (Wildman–Crippen LogP) is 4.55. The first-order valence-electron chi connectivity index (χ1n) is 4.90. The van der Waals surface area contributed by atoms with E-state index in [-0.39, 0.29) is 11.0 Å². The van der Waals surface area contributed by atoms with Gasteiger partial charge in [-0.25, -0.2) is 4.98 Å². The SMILES string of the molecule is FC(F)(F)c1nc(Cl)cc(Oc2ccc(I)cc2)n1. The number of rotatable bonds is 2. The van der Waals surface area contributed by atoms with E-state index in [1.54, 1.807) is 24.3 Å². The Labute approximate surface area is 124 Å². The molecule has 1 heterocycles. The molecule has 0 saturated carbocycles. The van der Waals surface area contributed by atoms with Gasteiger partial charge < -0.3 is 4.74 Å². The molecule has 0 bridgehead atoms. The summed E-state index contributed by atoms with van der Waals surface area (Å²) in [4.78, 5) is 6.39. The number of hydrogen-bond acceptors (Lipinski definition) is 3. The summed E-state index contributed by atoms with van der Waals surface area (Å²) in [5, 5.41) is -0.331. The van der Waals surface area contributed by atoms with Crippen LogP contribution in [0, 0.1) is 3.57 Å². The maximum Gasteiger partial charge on any atom is 0.451 e. The van der Waals surface area contributed by atoms with Crippen LogP contribution < -0.4 is 4.74 Å². The Bertz CT molecular complexity index is 589. The predicted molar refractivity (Wildman–Crippen MR) is 71.3 cm³/mol. The minimum atomic E-state index is -4.67. The van der Waals surface area contributed by atoms with Crippen molar-refractivity contribution in [3.05, 3.63) is 44.9 Å². The highest BCUT2D eigenvalue weighted by molar-refractivity contribution is 14.1. The van der Waals surface area contributed by atoms with Crippen LogP contribution >= 0.6 is 34.2 Å². The summed E-state index contributed by atoms with van der Waals surface area (Å²) in [5.74, 6) is -1.22. The summed E-state index contributed by atoms with van der Waals surface area (Å²) in [6, 6.07) is 7.86. The molecule has 2 rings (SSSR count). The van der Waals surface area contributed by atoms with Gasteiger partial charge in [0.1, 0.15) is 10.9 Å². The van der Waals surface area contributed by atoms with Crippen molar-refractivity contribution in [3.8, 4) is 11.6 Å². The number of aromatic nitrogens is 2. The number of ether oxygens (including phenoxy) is 1. The lowest BCUT2D eigenvalue weighted by Gasteiger charge is -2.08. The molecule has 2 aromatic rings. The summed E-state index contributed by atoms with van der Waals surface area (Å²) in [7, 11) is 0. The second kappa shape index (κ2) is 5.49. The molecule has 0 saturated heterocycles. The Hall–Kier alpha value is -1.09. The van der Waals surface area contributed by atoms with E-state index in [0.29, 0.717) is 5.75 Å². The van der Waals surface area contributed by atoms with Gasteiger partial charge >= 0.3 is 6.18 Å². The van der Waals surface area contributed by atoms with Crippen molar-refractivity contribution in [3.63, 3.8) is 0 Å². The van der Waals surface area contributed by atoms with Crippen molar-refractivity contribution in [1.29, 1.82) is 0 Å². The third kappa shape index (κ3) is 3.93. The van der Waals surface area contributed by atoms with Gasteiger partial charge in [-0.1, -0.05) is 11.6 Å². The molecule has 1 aromatic carbocycles. The fraction of sp³-hybridized carbons (Fsp3) is 0.0909. The number of benzene rings is 1. The van der Waals surface area contributed by atoms with Crippen LogP contribution in [0.5, 0.6) is 11.6 Å². The molecule has 0 fully saturated rings. The Morgan fingerprint density at radius 1 is 1.11 bits per heavy atom. The maximum atomic E-state index is 12.5. The van der Waals surface area contributed by atoms with Gasteiger partial charge in [-0.3, -0.25) is 0 Å². The minimum absolute atomic E-state index is 0.256. The molecule has 0 aliphatic carbocycles. The van der Waals surface area contributed by atoms with E-state index in [1.165, 1.54) is 0 Å². The molecule has 0 radical (unpaired) electrons. The van der Waals surface area contributed by atoms with E-state index < -0.39 is 12.0 Å². The van der Waals surface area contributed by atoms with E-state index in [1.807, 2.05) is 0 Å². The van der Waals surface area contributed by atoms with E-state index in [9.17, 15) is 13.2 Å². The van der Waals surface area contributed by atoms with Crippen LogP contribution in [0.25, 0.3) is 0 Å². The first-order valence-corrected chi connectivity index (χ1v) is 6.35. The van der Waals surface area contributed by atoms with Gasteiger partial charge in [0.05, 0.1) is 0 Å². The second-order valence-electron chi connectivity index (χ2n) is 3.41. The molecule has 19 heavy (non-hydrogen) atoms. The Balaban J connectivity index is 2.30. The molecule has 0 unspecified atom stereocenters. The van der Waals surface area contributed by atoms with Gasteiger partial charge in [0.2, 0.25) is 11.7 Å². The van der Waals surface area contributed by atoms with E-state index in [0.717, 1.165) is 9.64 Å². The van der Waals surface area contributed by atoms with Crippen LogP contribution in [0.1, 0.15) is 5.82 Å². The topological polar surface area (TPSA) is 35.0 Å². The lowest BCUT2D eigenvalue weighted by molar-refractivity contribution is -0.145. The summed E-state index contributed by atoms with van der Waals surface area (Å²) < 4.78 is 43.7. The van der Waals surface area contributed by atoms with E-state index >= 15 is 0 Å². The molecule has 0 atom stereocenters. The van der Waals surface area contributed by atoms with Crippen LogP contribution in [0.2, 0.25) is 5.15 Å². The molecule has 0 aliphatic rings. The molecule has 0 N–H and O–H groups in total. The zero-order valence-electron chi connectivity index (χ0n) is 9.08. The molecule has 0 aliphatic heterocycles. The van der Waals surface area contributed by atoms with Gasteiger partial charge in [-0.05, 0) is 46.9 Å². The standard InChI is InChI=1S/C11H5ClF3IN2O/c12-8-5-9(18-10(17-8)11(13,14)15)19-7-3-1-6(16)2-4-7/h1-5H. The quantitative estimate of drug-likeness (QED) is 0.548. The monoisotopic (exact) mass is 400 g/mol. The smallest absolute Gasteiger partial charge is 0.439 e. The molecular formula is C11H5ClF3IN2O. The van der Waals surface area contributed by atoms with Crippen LogP contribution in [-0.4, -0.2) is 9.97 Å². The zero-order valence-corrected chi connectivity index (χ0v) is 12.0. The second-order valence-corrected chi connectivity index (χ2v) is 5.04. The summed E-state index contributed by atoms with van der Waals surface area (Å²) in [6.07, 6.45) is -4.67. The average molecular weight is 401 g/mol. The van der Waals surface area contributed by atoms with Gasteiger partial charge in [0, 0.05) is 9.64 Å². The number of nitrogens with zero attached hydrogens (tertiary/aromatic N) is 2. The largest absolute Gasteiger partial charge is 0.451 e. The van der Waals surface area contributed by atoms with Gasteiger partial charge in [0.25, 0.3) is 0 Å². The Morgan fingerprint density at radius 3 is 2.32 bits per heavy atom. The fourth-order valence-corrected chi connectivity index (χ4v) is 1.73. The van der Waals surface area contributed by atoms with Crippen molar-refractivity contribution >= 4 is 34.2 Å². The van der Waals surface area contributed by atoms with Gasteiger partial charge in [0.15, 0.2) is 0 Å².